The van der Waals surface area contributed by atoms with Gasteiger partial charge in [-0.2, -0.15) is 5.26 Å². The van der Waals surface area contributed by atoms with Crippen molar-refractivity contribution in [3.8, 4) is 11.8 Å². The number of carbonyl (C=O) groups excluding carboxylic acids is 2. The van der Waals surface area contributed by atoms with E-state index in [0.29, 0.717) is 12.3 Å². The molecule has 2 amide bonds. The number of rotatable bonds is 5. The van der Waals surface area contributed by atoms with Crippen molar-refractivity contribution < 1.29 is 19.2 Å². The Kier molecular flexibility index (Phi) is 4.29. The van der Waals surface area contributed by atoms with E-state index in [0.717, 1.165) is 23.3 Å². The van der Waals surface area contributed by atoms with Gasteiger partial charge in [-0.05, 0) is 42.2 Å². The summed E-state index contributed by atoms with van der Waals surface area (Å²) in [4.78, 5) is 33.9. The van der Waals surface area contributed by atoms with Gasteiger partial charge in [0, 0.05) is 17.4 Å². The Morgan fingerprint density at radius 1 is 1.00 bits per heavy atom. The number of likely N-dealkylation sites (tertiary alicyclic amines) is 1. The molecule has 2 heterocycles. The molecule has 6 atom stereocenters. The maximum absolute atomic E-state index is 13.3. The Morgan fingerprint density at radius 3 is 2.44 bits per heavy atom. The highest BCUT2D eigenvalue weighted by Crippen LogP contribution is 2.61. The number of nitrogens with zero attached hydrogens (tertiary/aromatic N) is 3. The van der Waals surface area contributed by atoms with Gasteiger partial charge in [0.2, 0.25) is 11.8 Å². The SMILES string of the molecule is N#CCOc1ccc(C2=NO[C@@H]3[C@H]4C[C@H]([C@H]5C(=O)N(Cc6ccccc6)C(=O)[C@@H]45)[C@H]23)cc1. The van der Waals surface area contributed by atoms with Crippen LogP contribution in [0.5, 0.6) is 5.75 Å². The molecule has 2 aliphatic carbocycles. The molecule has 2 saturated carbocycles. The molecule has 7 heteroatoms. The van der Waals surface area contributed by atoms with Gasteiger partial charge in [0.1, 0.15) is 17.9 Å². The molecule has 4 aliphatic rings. The number of oxime groups is 1. The minimum atomic E-state index is -0.297. The molecule has 0 unspecified atom stereocenters. The maximum atomic E-state index is 13.3. The molecular formula is C25H21N3O4. The molecule has 2 aromatic rings. The first kappa shape index (κ1) is 19.1. The second-order valence-corrected chi connectivity index (χ2v) is 8.91. The van der Waals surface area contributed by atoms with Gasteiger partial charge < -0.3 is 9.57 Å². The van der Waals surface area contributed by atoms with E-state index >= 15 is 0 Å². The van der Waals surface area contributed by atoms with Crippen molar-refractivity contribution in [3.63, 3.8) is 0 Å². The average Bonchev–Trinajstić information content (AvgIpc) is 3.56. The summed E-state index contributed by atoms with van der Waals surface area (Å²) in [6.45, 7) is 0.322. The maximum Gasteiger partial charge on any atom is 0.233 e. The lowest BCUT2D eigenvalue weighted by atomic mass is 9.71. The van der Waals surface area contributed by atoms with E-state index in [-0.39, 0.29) is 54.1 Å². The number of carbonyl (C=O) groups is 2. The predicted molar refractivity (Wildman–Crippen MR) is 113 cm³/mol. The zero-order valence-electron chi connectivity index (χ0n) is 17.3. The lowest BCUT2D eigenvalue weighted by Crippen LogP contribution is -2.41. The van der Waals surface area contributed by atoms with Crippen LogP contribution in [0.3, 0.4) is 0 Å². The number of hydrogen-bond donors (Lipinski definition) is 0. The largest absolute Gasteiger partial charge is 0.479 e. The zero-order valence-corrected chi connectivity index (χ0v) is 17.3. The monoisotopic (exact) mass is 427 g/mol. The van der Waals surface area contributed by atoms with E-state index in [1.54, 1.807) is 0 Å². The number of benzene rings is 2. The standard InChI is InChI=1S/C25H21N3O4/c26-10-11-31-16-8-6-15(7-9-16)22-21-17-12-18(23(21)32-27-22)20-19(17)24(29)28(25(20)30)13-14-4-2-1-3-5-14/h1-9,17-21,23H,11-13H2/t17-,18+,19-,20+,21-,23-/m1/s1. The summed E-state index contributed by atoms with van der Waals surface area (Å²) in [7, 11) is 0. The quantitative estimate of drug-likeness (QED) is 0.685. The summed E-state index contributed by atoms with van der Waals surface area (Å²) in [6, 6.07) is 19.0. The van der Waals surface area contributed by atoms with Crippen LogP contribution in [0.4, 0.5) is 0 Å². The molecule has 7 nitrogen and oxygen atoms in total. The molecular weight excluding hydrogens is 406 g/mol. The van der Waals surface area contributed by atoms with Gasteiger partial charge in [-0.15, -0.1) is 0 Å². The summed E-state index contributed by atoms with van der Waals surface area (Å²) in [5.41, 5.74) is 2.72. The van der Waals surface area contributed by atoms with Crippen molar-refractivity contribution in [2.45, 2.75) is 19.1 Å². The number of nitriles is 1. The van der Waals surface area contributed by atoms with Crippen LogP contribution in [0.1, 0.15) is 17.5 Å². The Hall–Kier alpha value is -3.66. The van der Waals surface area contributed by atoms with Gasteiger partial charge in [-0.1, -0.05) is 35.5 Å². The van der Waals surface area contributed by atoms with Crippen LogP contribution in [0, 0.1) is 40.9 Å². The summed E-state index contributed by atoms with van der Waals surface area (Å²) in [5, 5.41) is 13.0. The highest BCUT2D eigenvalue weighted by atomic mass is 16.6. The van der Waals surface area contributed by atoms with E-state index in [1.165, 1.54) is 4.90 Å². The summed E-state index contributed by atoms with van der Waals surface area (Å²) in [6.07, 6.45) is 0.670. The van der Waals surface area contributed by atoms with Crippen molar-refractivity contribution in [2.24, 2.45) is 34.7 Å². The third kappa shape index (κ3) is 2.69. The third-order valence-electron chi connectivity index (χ3n) is 7.42. The number of amides is 2. The van der Waals surface area contributed by atoms with E-state index in [4.69, 9.17) is 14.8 Å². The normalized spacial score (nSPS) is 31.7. The average molecular weight is 427 g/mol. The topological polar surface area (TPSA) is 92.0 Å². The molecule has 32 heavy (non-hydrogen) atoms. The van der Waals surface area contributed by atoms with Crippen molar-refractivity contribution in [1.29, 1.82) is 5.26 Å². The summed E-state index contributed by atoms with van der Waals surface area (Å²) >= 11 is 0. The van der Waals surface area contributed by atoms with Crippen molar-refractivity contribution >= 4 is 17.5 Å². The van der Waals surface area contributed by atoms with E-state index in [2.05, 4.69) is 5.16 Å². The molecule has 6 rings (SSSR count). The highest BCUT2D eigenvalue weighted by Gasteiger charge is 2.70. The molecule has 0 radical (unpaired) electrons. The Balaban J connectivity index is 1.24. The number of imide groups is 1. The first-order chi connectivity index (χ1) is 15.7. The van der Waals surface area contributed by atoms with Crippen LogP contribution in [0.2, 0.25) is 0 Å². The smallest absolute Gasteiger partial charge is 0.233 e. The van der Waals surface area contributed by atoms with Crippen molar-refractivity contribution in [1.82, 2.24) is 4.90 Å². The van der Waals surface area contributed by atoms with E-state index in [9.17, 15) is 9.59 Å². The summed E-state index contributed by atoms with van der Waals surface area (Å²) < 4.78 is 5.33. The van der Waals surface area contributed by atoms with Crippen LogP contribution in [0.25, 0.3) is 0 Å². The fourth-order valence-corrected chi connectivity index (χ4v) is 6.19. The second-order valence-electron chi connectivity index (χ2n) is 8.91. The van der Waals surface area contributed by atoms with Crippen LogP contribution in [0.15, 0.2) is 59.8 Å². The Labute approximate surface area is 185 Å². The van der Waals surface area contributed by atoms with Gasteiger partial charge in [0.05, 0.1) is 24.1 Å². The van der Waals surface area contributed by atoms with E-state index in [1.807, 2.05) is 60.7 Å². The molecule has 2 aliphatic heterocycles. The van der Waals surface area contributed by atoms with Crippen LogP contribution in [-0.2, 0) is 21.0 Å². The molecule has 1 saturated heterocycles. The fraction of sp³-hybridized carbons (Fsp3) is 0.360. The number of hydrogen-bond acceptors (Lipinski definition) is 6. The molecule has 3 fully saturated rings. The second kappa shape index (κ2) is 7.20. The molecule has 0 aromatic heterocycles. The van der Waals surface area contributed by atoms with Crippen LogP contribution >= 0.6 is 0 Å². The highest BCUT2D eigenvalue weighted by molar-refractivity contribution is 6.08. The fourth-order valence-electron chi connectivity index (χ4n) is 6.19. The minimum Gasteiger partial charge on any atom is -0.479 e. The van der Waals surface area contributed by atoms with Gasteiger partial charge in [0.25, 0.3) is 0 Å². The predicted octanol–water partition coefficient (Wildman–Crippen LogP) is 2.76. The van der Waals surface area contributed by atoms with Gasteiger partial charge >= 0.3 is 0 Å². The van der Waals surface area contributed by atoms with Crippen LogP contribution < -0.4 is 4.74 Å². The molecule has 160 valence electrons. The first-order valence-corrected chi connectivity index (χ1v) is 10.9. The van der Waals surface area contributed by atoms with Crippen molar-refractivity contribution in [2.75, 3.05) is 6.61 Å². The third-order valence-corrected chi connectivity index (χ3v) is 7.42. The van der Waals surface area contributed by atoms with Crippen molar-refractivity contribution in [3.05, 3.63) is 65.7 Å². The van der Waals surface area contributed by atoms with Crippen LogP contribution in [-0.4, -0.2) is 35.1 Å². The Bertz CT molecular complexity index is 1150. The number of ether oxygens (including phenoxy) is 1. The lowest BCUT2D eigenvalue weighted by Gasteiger charge is -2.29. The zero-order chi connectivity index (χ0) is 21.8. The molecule has 0 N–H and O–H groups in total. The number of fused-ring (bicyclic) bond motifs is 8. The van der Waals surface area contributed by atoms with E-state index < -0.39 is 0 Å². The summed E-state index contributed by atoms with van der Waals surface area (Å²) in [5.74, 6) is 0.00580. The lowest BCUT2D eigenvalue weighted by molar-refractivity contribution is -0.141. The molecule has 2 aromatic carbocycles. The molecule has 0 spiro atoms. The van der Waals surface area contributed by atoms with Gasteiger partial charge in [-0.25, -0.2) is 0 Å². The first-order valence-electron chi connectivity index (χ1n) is 10.9. The molecule has 2 bridgehead atoms. The Morgan fingerprint density at radius 2 is 1.72 bits per heavy atom. The van der Waals surface area contributed by atoms with Gasteiger partial charge in [-0.3, -0.25) is 14.5 Å². The van der Waals surface area contributed by atoms with Gasteiger partial charge in [0.15, 0.2) is 6.61 Å². The minimum absolute atomic E-state index is 0.00343.